The van der Waals surface area contributed by atoms with E-state index in [4.69, 9.17) is 4.74 Å². The first kappa shape index (κ1) is 16.8. The number of hydrogen-bond acceptors (Lipinski definition) is 5. The second-order valence-corrected chi connectivity index (χ2v) is 8.31. The average Bonchev–Trinajstić information content (AvgIpc) is 3.15. The Kier molecular flexibility index (Phi) is 4.91. The largest absolute Gasteiger partial charge is 0.378 e. The van der Waals surface area contributed by atoms with E-state index in [0.717, 1.165) is 11.3 Å². The predicted octanol–water partition coefficient (Wildman–Crippen LogP) is 2.56. The second kappa shape index (κ2) is 7.31. The fourth-order valence-corrected chi connectivity index (χ4v) is 5.37. The summed E-state index contributed by atoms with van der Waals surface area (Å²) in [6.07, 6.45) is 0.821. The van der Waals surface area contributed by atoms with Crippen LogP contribution in [0.3, 0.4) is 0 Å². The van der Waals surface area contributed by atoms with Crippen molar-refractivity contribution in [2.45, 2.75) is 6.42 Å². The molecule has 0 atom stereocenters. The third-order valence-electron chi connectivity index (χ3n) is 4.69. The van der Waals surface area contributed by atoms with Gasteiger partial charge in [-0.2, -0.15) is 0 Å². The highest BCUT2D eigenvalue weighted by molar-refractivity contribution is 7.27. The van der Waals surface area contributed by atoms with Crippen LogP contribution in [0.5, 0.6) is 0 Å². The number of rotatable bonds is 1. The van der Waals surface area contributed by atoms with Gasteiger partial charge in [-0.05, 0) is 23.9 Å². The first-order chi connectivity index (χ1) is 12.2. The molecule has 6 nitrogen and oxygen atoms in total. The first-order valence-corrected chi connectivity index (χ1v) is 10.3. The van der Waals surface area contributed by atoms with E-state index in [1.807, 2.05) is 20.8 Å². The predicted molar refractivity (Wildman–Crippen MR) is 99.6 cm³/mol. The van der Waals surface area contributed by atoms with Gasteiger partial charge in [0.1, 0.15) is 0 Å². The number of fused-ring (bicyclic) bond motifs is 1. The molecule has 2 fully saturated rings. The molecule has 3 amide bonds. The van der Waals surface area contributed by atoms with Gasteiger partial charge in [0.05, 0.1) is 18.1 Å². The summed E-state index contributed by atoms with van der Waals surface area (Å²) in [5, 5.41) is 2.05. The third kappa shape index (κ3) is 3.51. The zero-order chi connectivity index (χ0) is 17.2. The van der Waals surface area contributed by atoms with Crippen LogP contribution in [-0.4, -0.2) is 79.1 Å². The maximum Gasteiger partial charge on any atom is 0.320 e. The van der Waals surface area contributed by atoms with Gasteiger partial charge in [0.15, 0.2) is 0 Å². The van der Waals surface area contributed by atoms with E-state index >= 15 is 0 Å². The van der Waals surface area contributed by atoms with Crippen molar-refractivity contribution in [3.8, 4) is 0 Å². The van der Waals surface area contributed by atoms with Crippen LogP contribution in [-0.2, 0) is 4.74 Å². The van der Waals surface area contributed by atoms with Gasteiger partial charge in [-0.1, -0.05) is 0 Å². The number of thiophene rings is 2. The first-order valence-electron chi connectivity index (χ1n) is 8.60. The average molecular weight is 380 g/mol. The maximum absolute atomic E-state index is 12.8. The lowest BCUT2D eigenvalue weighted by atomic mass is 10.3. The number of urea groups is 1. The molecular weight excluding hydrogens is 358 g/mol. The van der Waals surface area contributed by atoms with Gasteiger partial charge in [-0.15, -0.1) is 22.7 Å². The molecule has 8 heteroatoms. The smallest absolute Gasteiger partial charge is 0.320 e. The summed E-state index contributed by atoms with van der Waals surface area (Å²) in [4.78, 5) is 31.9. The van der Waals surface area contributed by atoms with Gasteiger partial charge in [0.25, 0.3) is 5.91 Å². The number of nitrogens with zero attached hydrogens (tertiary/aromatic N) is 3. The van der Waals surface area contributed by atoms with E-state index in [0.29, 0.717) is 52.5 Å². The third-order valence-corrected chi connectivity index (χ3v) is 6.77. The summed E-state index contributed by atoms with van der Waals surface area (Å²) in [5.41, 5.74) is 0. The lowest BCUT2D eigenvalue weighted by Crippen LogP contribution is -2.49. The van der Waals surface area contributed by atoms with Crippen LogP contribution in [0.2, 0.25) is 0 Å². The number of carbonyl (C=O) groups is 2. The summed E-state index contributed by atoms with van der Waals surface area (Å²) in [6.45, 7) is 5.14. The Morgan fingerprint density at radius 2 is 1.64 bits per heavy atom. The summed E-state index contributed by atoms with van der Waals surface area (Å²) >= 11 is 3.23. The highest BCUT2D eigenvalue weighted by Crippen LogP contribution is 2.30. The van der Waals surface area contributed by atoms with Crippen molar-refractivity contribution < 1.29 is 14.3 Å². The number of ether oxygens (including phenoxy) is 1. The van der Waals surface area contributed by atoms with Gasteiger partial charge in [-0.3, -0.25) is 4.79 Å². The fraction of sp³-hybridized carbons (Fsp3) is 0.529. The van der Waals surface area contributed by atoms with E-state index in [2.05, 4.69) is 11.4 Å². The second-order valence-electron chi connectivity index (χ2n) is 6.27. The molecule has 0 radical (unpaired) electrons. The summed E-state index contributed by atoms with van der Waals surface area (Å²) < 4.78 is 7.66. The maximum atomic E-state index is 12.8. The molecule has 0 unspecified atom stereocenters. The Morgan fingerprint density at radius 3 is 2.44 bits per heavy atom. The van der Waals surface area contributed by atoms with Gasteiger partial charge >= 0.3 is 6.03 Å². The highest BCUT2D eigenvalue weighted by atomic mass is 32.1. The summed E-state index contributed by atoms with van der Waals surface area (Å²) in [7, 11) is 0. The van der Waals surface area contributed by atoms with Crippen LogP contribution in [0.15, 0.2) is 17.5 Å². The quantitative estimate of drug-likeness (QED) is 0.765. The Bertz CT molecular complexity index is 738. The Hall–Kier alpha value is -1.64. The molecule has 25 heavy (non-hydrogen) atoms. The molecule has 0 spiro atoms. The van der Waals surface area contributed by atoms with Crippen molar-refractivity contribution in [2.24, 2.45) is 0 Å². The lowest BCUT2D eigenvalue weighted by Gasteiger charge is -2.32. The number of carbonyl (C=O) groups excluding carboxylic acids is 2. The molecule has 4 rings (SSSR count). The van der Waals surface area contributed by atoms with E-state index in [-0.39, 0.29) is 11.9 Å². The van der Waals surface area contributed by atoms with Crippen molar-refractivity contribution in [1.29, 1.82) is 0 Å². The van der Waals surface area contributed by atoms with Crippen LogP contribution >= 0.6 is 22.7 Å². The van der Waals surface area contributed by atoms with Crippen molar-refractivity contribution in [3.05, 3.63) is 22.4 Å². The molecule has 2 aromatic rings. The molecule has 0 N–H and O–H groups in total. The number of hydrogen-bond donors (Lipinski definition) is 0. The van der Waals surface area contributed by atoms with Gasteiger partial charge in [-0.25, -0.2) is 4.79 Å². The molecule has 0 saturated carbocycles. The van der Waals surface area contributed by atoms with Gasteiger partial charge in [0.2, 0.25) is 0 Å². The Morgan fingerprint density at radius 1 is 0.920 bits per heavy atom. The Balaban J connectivity index is 1.39. The zero-order valence-electron chi connectivity index (χ0n) is 14.0. The molecule has 2 aromatic heterocycles. The van der Waals surface area contributed by atoms with E-state index in [1.165, 1.54) is 9.40 Å². The van der Waals surface area contributed by atoms with Gasteiger partial charge < -0.3 is 19.4 Å². The molecule has 0 aliphatic carbocycles. The number of amides is 3. The topological polar surface area (TPSA) is 53.1 Å². The van der Waals surface area contributed by atoms with Crippen molar-refractivity contribution in [2.75, 3.05) is 52.5 Å². The van der Waals surface area contributed by atoms with Crippen LogP contribution in [0.4, 0.5) is 4.79 Å². The van der Waals surface area contributed by atoms with E-state index in [1.54, 1.807) is 22.7 Å². The van der Waals surface area contributed by atoms with Crippen molar-refractivity contribution >= 4 is 44.0 Å². The molecule has 2 saturated heterocycles. The summed E-state index contributed by atoms with van der Waals surface area (Å²) in [6, 6.07) is 4.13. The normalized spacial score (nSPS) is 19.3. The molecular formula is C17H21N3O3S2. The molecule has 0 bridgehead atoms. The minimum absolute atomic E-state index is 0.0780. The van der Waals surface area contributed by atoms with Crippen LogP contribution < -0.4 is 0 Å². The molecule has 2 aliphatic rings. The van der Waals surface area contributed by atoms with Crippen LogP contribution in [0.25, 0.3) is 9.40 Å². The van der Waals surface area contributed by atoms with Gasteiger partial charge in [0, 0.05) is 48.7 Å². The minimum atomic E-state index is 0.0780. The summed E-state index contributed by atoms with van der Waals surface area (Å²) in [5.74, 6) is 0.0917. The molecule has 2 aliphatic heterocycles. The molecule has 0 aromatic carbocycles. The van der Waals surface area contributed by atoms with Crippen molar-refractivity contribution in [1.82, 2.24) is 14.7 Å². The monoisotopic (exact) mass is 379 g/mol. The fourth-order valence-electron chi connectivity index (χ4n) is 3.29. The van der Waals surface area contributed by atoms with Crippen molar-refractivity contribution in [3.63, 3.8) is 0 Å². The van der Waals surface area contributed by atoms with Crippen LogP contribution in [0.1, 0.15) is 16.1 Å². The Labute approximate surface area is 154 Å². The van der Waals surface area contributed by atoms with E-state index in [9.17, 15) is 9.59 Å². The molecule has 4 heterocycles. The molecule has 134 valence electrons. The zero-order valence-corrected chi connectivity index (χ0v) is 15.6. The SMILES string of the molecule is O=C(c1cc2sccc2s1)N1CCCN(C(=O)N2CCOCC2)CC1. The highest BCUT2D eigenvalue weighted by Gasteiger charge is 2.27. The minimum Gasteiger partial charge on any atom is -0.378 e. The lowest BCUT2D eigenvalue weighted by molar-refractivity contribution is 0.0435. The standard InChI is InChI=1S/C17H21N3O3S2/c21-16(15-12-14-13(25-15)2-11-24-14)18-3-1-4-19(6-5-18)17(22)20-7-9-23-10-8-20/h2,11-12H,1,3-10H2. The number of morpholine rings is 1. The van der Waals surface area contributed by atoms with Crippen LogP contribution in [0, 0.1) is 0 Å². The van der Waals surface area contributed by atoms with E-state index < -0.39 is 0 Å².